The van der Waals surface area contributed by atoms with E-state index in [0.717, 1.165) is 25.9 Å². The molecule has 0 spiro atoms. The van der Waals surface area contributed by atoms with Crippen molar-refractivity contribution in [3.63, 3.8) is 0 Å². The number of amides is 1. The number of aliphatic hydroxyl groups excluding tert-OH is 1. The first-order valence-corrected chi connectivity index (χ1v) is 6.75. The fourth-order valence-electron chi connectivity index (χ4n) is 2.48. The maximum atomic E-state index is 11.9. The highest BCUT2D eigenvalue weighted by molar-refractivity contribution is 5.85. The second kappa shape index (κ2) is 7.63. The molecule has 0 aromatic rings. The third-order valence-corrected chi connectivity index (χ3v) is 3.87. The topological polar surface area (TPSA) is 57.6 Å². The average molecular weight is 271 g/mol. The molecule has 1 aliphatic heterocycles. The monoisotopic (exact) mass is 271 g/mol. The largest absolute Gasteiger partial charge is 0.389 e. The standard InChI is InChI=1S/C14H25NO3.CH4/c1-14(2,3)11-6-8-15(9-7-11)13(18)5-4-12(17)10-16;/h11,16H,4-10H2,1-3H3;1H4. The molecule has 0 aromatic carbocycles. The Labute approximate surface area is 117 Å². The predicted octanol–water partition coefficient (Wildman–Crippen LogP) is 2.25. The molecular weight excluding hydrogens is 242 g/mol. The van der Waals surface area contributed by atoms with Crippen LogP contribution in [0.15, 0.2) is 0 Å². The molecule has 0 aliphatic carbocycles. The van der Waals surface area contributed by atoms with Gasteiger partial charge in [0, 0.05) is 25.9 Å². The van der Waals surface area contributed by atoms with E-state index in [4.69, 9.17) is 5.11 Å². The molecule has 1 rings (SSSR count). The number of piperidine rings is 1. The number of carbonyl (C=O) groups is 2. The maximum absolute atomic E-state index is 11.9. The van der Waals surface area contributed by atoms with Crippen molar-refractivity contribution < 1.29 is 14.7 Å². The molecule has 1 saturated heterocycles. The zero-order valence-corrected chi connectivity index (χ0v) is 11.7. The van der Waals surface area contributed by atoms with Crippen LogP contribution in [0.2, 0.25) is 0 Å². The number of nitrogens with zero attached hydrogens (tertiary/aromatic N) is 1. The normalized spacial score (nSPS) is 16.9. The minimum absolute atomic E-state index is 0. The molecule has 0 saturated carbocycles. The number of rotatable bonds is 4. The van der Waals surface area contributed by atoms with Gasteiger partial charge in [-0.15, -0.1) is 0 Å². The highest BCUT2D eigenvalue weighted by Crippen LogP contribution is 2.34. The van der Waals surface area contributed by atoms with Crippen molar-refractivity contribution in [2.75, 3.05) is 19.7 Å². The number of ketones is 1. The first kappa shape index (κ1) is 18.1. The first-order chi connectivity index (χ1) is 8.34. The Morgan fingerprint density at radius 2 is 1.68 bits per heavy atom. The van der Waals surface area contributed by atoms with Crippen LogP contribution in [-0.4, -0.2) is 41.4 Å². The summed E-state index contributed by atoms with van der Waals surface area (Å²) in [4.78, 5) is 24.7. The predicted molar refractivity (Wildman–Crippen MR) is 76.8 cm³/mol. The second-order valence-corrected chi connectivity index (χ2v) is 6.22. The van der Waals surface area contributed by atoms with Crippen LogP contribution >= 0.6 is 0 Å². The highest BCUT2D eigenvalue weighted by atomic mass is 16.3. The fourth-order valence-corrected chi connectivity index (χ4v) is 2.48. The van der Waals surface area contributed by atoms with Crippen molar-refractivity contribution in [1.82, 2.24) is 4.90 Å². The minimum atomic E-state index is -0.459. The molecule has 19 heavy (non-hydrogen) atoms. The average Bonchev–Trinajstić information content (AvgIpc) is 2.34. The van der Waals surface area contributed by atoms with Crippen molar-refractivity contribution >= 4 is 11.7 Å². The molecule has 1 fully saturated rings. The number of hydrogen-bond acceptors (Lipinski definition) is 3. The molecule has 0 aromatic heterocycles. The molecule has 0 unspecified atom stereocenters. The lowest BCUT2D eigenvalue weighted by Crippen LogP contribution is -2.41. The number of Topliss-reactive ketones (excluding diaryl/α,β-unsaturated/α-hetero) is 1. The summed E-state index contributed by atoms with van der Waals surface area (Å²) in [6.07, 6.45) is 2.49. The van der Waals surface area contributed by atoms with E-state index in [1.54, 1.807) is 0 Å². The molecular formula is C15H29NO3. The molecule has 0 radical (unpaired) electrons. The summed E-state index contributed by atoms with van der Waals surface area (Å²) >= 11 is 0. The smallest absolute Gasteiger partial charge is 0.223 e. The summed E-state index contributed by atoms with van der Waals surface area (Å²) in [7, 11) is 0. The number of likely N-dealkylation sites (tertiary alicyclic amines) is 1. The number of hydrogen-bond donors (Lipinski definition) is 1. The van der Waals surface area contributed by atoms with Crippen molar-refractivity contribution in [3.05, 3.63) is 0 Å². The van der Waals surface area contributed by atoms with E-state index in [9.17, 15) is 9.59 Å². The lowest BCUT2D eigenvalue weighted by Gasteiger charge is -2.38. The van der Waals surface area contributed by atoms with Crippen LogP contribution in [0, 0.1) is 11.3 Å². The van der Waals surface area contributed by atoms with Gasteiger partial charge in [0.2, 0.25) is 5.91 Å². The van der Waals surface area contributed by atoms with E-state index in [1.807, 2.05) is 4.90 Å². The summed E-state index contributed by atoms with van der Waals surface area (Å²) in [5.74, 6) is 0.456. The Morgan fingerprint density at radius 3 is 2.11 bits per heavy atom. The van der Waals surface area contributed by atoms with Gasteiger partial charge in [-0.05, 0) is 24.2 Å². The fraction of sp³-hybridized carbons (Fsp3) is 0.867. The van der Waals surface area contributed by atoms with Crippen molar-refractivity contribution in [2.24, 2.45) is 11.3 Å². The molecule has 1 heterocycles. The van der Waals surface area contributed by atoms with Gasteiger partial charge in [-0.2, -0.15) is 0 Å². The molecule has 0 atom stereocenters. The molecule has 1 aliphatic rings. The lowest BCUT2D eigenvalue weighted by atomic mass is 9.75. The van der Waals surface area contributed by atoms with E-state index >= 15 is 0 Å². The maximum Gasteiger partial charge on any atom is 0.223 e. The summed E-state index contributed by atoms with van der Waals surface area (Å²) in [6, 6.07) is 0. The van der Waals surface area contributed by atoms with E-state index in [-0.39, 0.29) is 32.0 Å². The van der Waals surface area contributed by atoms with Crippen molar-refractivity contribution in [2.45, 2.75) is 53.9 Å². The Morgan fingerprint density at radius 1 is 1.16 bits per heavy atom. The van der Waals surface area contributed by atoms with Gasteiger partial charge >= 0.3 is 0 Å². The van der Waals surface area contributed by atoms with E-state index < -0.39 is 6.61 Å². The Bertz CT molecular complexity index is 299. The molecule has 0 bridgehead atoms. The SMILES string of the molecule is C.CC(C)(C)C1CCN(C(=O)CCC(=O)CO)CC1. The summed E-state index contributed by atoms with van der Waals surface area (Å²) < 4.78 is 0. The zero-order valence-electron chi connectivity index (χ0n) is 11.7. The third-order valence-electron chi connectivity index (χ3n) is 3.87. The van der Waals surface area contributed by atoms with Gasteiger partial charge in [-0.1, -0.05) is 28.2 Å². The van der Waals surface area contributed by atoms with Gasteiger partial charge in [0.25, 0.3) is 0 Å². The van der Waals surface area contributed by atoms with Crippen LogP contribution < -0.4 is 0 Å². The van der Waals surface area contributed by atoms with Crippen molar-refractivity contribution in [1.29, 1.82) is 0 Å². The molecule has 4 heteroatoms. The van der Waals surface area contributed by atoms with Gasteiger partial charge in [0.1, 0.15) is 6.61 Å². The van der Waals surface area contributed by atoms with Crippen LogP contribution in [0.25, 0.3) is 0 Å². The third kappa shape index (κ3) is 5.72. The van der Waals surface area contributed by atoms with Gasteiger partial charge in [0.05, 0.1) is 0 Å². The van der Waals surface area contributed by atoms with Gasteiger partial charge in [-0.25, -0.2) is 0 Å². The molecule has 1 amide bonds. The summed E-state index contributed by atoms with van der Waals surface area (Å²) in [5.41, 5.74) is 0.308. The number of carbonyl (C=O) groups excluding carboxylic acids is 2. The van der Waals surface area contributed by atoms with E-state index in [1.165, 1.54) is 0 Å². The zero-order chi connectivity index (χ0) is 13.8. The van der Waals surface area contributed by atoms with E-state index in [0.29, 0.717) is 11.3 Å². The number of aliphatic hydroxyl groups is 1. The highest BCUT2D eigenvalue weighted by Gasteiger charge is 2.30. The Hall–Kier alpha value is -0.900. The summed E-state index contributed by atoms with van der Waals surface area (Å²) in [5, 5.41) is 8.61. The van der Waals surface area contributed by atoms with Gasteiger partial charge in [0.15, 0.2) is 5.78 Å². The molecule has 4 nitrogen and oxygen atoms in total. The Kier molecular flexibility index (Phi) is 7.27. The van der Waals surface area contributed by atoms with Crippen LogP contribution in [0.3, 0.4) is 0 Å². The Balaban J connectivity index is 0.00000324. The quantitative estimate of drug-likeness (QED) is 0.853. The molecule has 1 N–H and O–H groups in total. The lowest BCUT2D eigenvalue weighted by molar-refractivity contribution is -0.135. The second-order valence-electron chi connectivity index (χ2n) is 6.22. The minimum Gasteiger partial charge on any atom is -0.389 e. The van der Waals surface area contributed by atoms with E-state index in [2.05, 4.69) is 20.8 Å². The summed E-state index contributed by atoms with van der Waals surface area (Å²) in [6.45, 7) is 7.88. The van der Waals surface area contributed by atoms with Crippen molar-refractivity contribution in [3.8, 4) is 0 Å². The van der Waals surface area contributed by atoms with Crippen LogP contribution in [0.4, 0.5) is 0 Å². The van der Waals surface area contributed by atoms with Gasteiger partial charge < -0.3 is 10.0 Å². The van der Waals surface area contributed by atoms with Crippen LogP contribution in [0.1, 0.15) is 53.9 Å². The molecule has 112 valence electrons. The van der Waals surface area contributed by atoms with Crippen LogP contribution in [-0.2, 0) is 9.59 Å². The van der Waals surface area contributed by atoms with Gasteiger partial charge in [-0.3, -0.25) is 9.59 Å². The van der Waals surface area contributed by atoms with Crippen LogP contribution in [0.5, 0.6) is 0 Å². The first-order valence-electron chi connectivity index (χ1n) is 6.75.